The lowest BCUT2D eigenvalue weighted by Gasteiger charge is -2.07. The van der Waals surface area contributed by atoms with Gasteiger partial charge in [-0.05, 0) is 32.0 Å². The van der Waals surface area contributed by atoms with Crippen LogP contribution in [0.25, 0.3) is 11.0 Å². The number of esters is 1. The number of hydrogen-bond acceptors (Lipinski definition) is 5. The quantitative estimate of drug-likeness (QED) is 0.647. The summed E-state index contributed by atoms with van der Waals surface area (Å²) in [6.45, 7) is 3.44. The molecule has 0 amide bonds. The minimum Gasteiger partial charge on any atom is -0.457 e. The minimum atomic E-state index is -0.652. The highest BCUT2D eigenvalue weighted by Gasteiger charge is 2.15. The smallest absolute Gasteiger partial charge is 0.374 e. The van der Waals surface area contributed by atoms with Crippen LogP contribution in [0.3, 0.4) is 0 Å². The molecule has 0 spiro atoms. The molecule has 5 heteroatoms. The second-order valence-electron chi connectivity index (χ2n) is 4.18. The van der Waals surface area contributed by atoms with Crippen molar-refractivity contribution >= 4 is 22.6 Å². The zero-order valence-electron chi connectivity index (χ0n) is 10.1. The van der Waals surface area contributed by atoms with E-state index < -0.39 is 5.97 Å². The number of anilines is 1. The molecule has 2 N–H and O–H groups in total. The summed E-state index contributed by atoms with van der Waals surface area (Å²) in [7, 11) is 0. The summed E-state index contributed by atoms with van der Waals surface area (Å²) in [5, 5.41) is 0.344. The van der Waals surface area contributed by atoms with Gasteiger partial charge in [0.05, 0.1) is 11.5 Å². The van der Waals surface area contributed by atoms with E-state index in [1.165, 1.54) is 6.07 Å². The van der Waals surface area contributed by atoms with Gasteiger partial charge in [-0.15, -0.1) is 0 Å². The van der Waals surface area contributed by atoms with Gasteiger partial charge in [-0.3, -0.25) is 4.79 Å². The van der Waals surface area contributed by atoms with Crippen molar-refractivity contribution in [3.63, 3.8) is 0 Å². The predicted molar refractivity (Wildman–Crippen MR) is 67.4 cm³/mol. The van der Waals surface area contributed by atoms with Gasteiger partial charge in [0.1, 0.15) is 5.58 Å². The number of benzene rings is 1. The topological polar surface area (TPSA) is 82.5 Å². The molecule has 94 valence electrons. The van der Waals surface area contributed by atoms with Gasteiger partial charge in [-0.1, -0.05) is 0 Å². The molecule has 0 bridgehead atoms. The van der Waals surface area contributed by atoms with E-state index in [1.54, 1.807) is 26.0 Å². The first-order valence-electron chi connectivity index (χ1n) is 5.52. The molecule has 1 aromatic heterocycles. The normalized spacial score (nSPS) is 10.8. The van der Waals surface area contributed by atoms with Crippen molar-refractivity contribution in [2.45, 2.75) is 20.0 Å². The molecule has 1 aromatic carbocycles. The van der Waals surface area contributed by atoms with Crippen molar-refractivity contribution in [1.82, 2.24) is 0 Å². The molecule has 0 saturated carbocycles. The van der Waals surface area contributed by atoms with Crippen LogP contribution >= 0.6 is 0 Å². The summed E-state index contributed by atoms with van der Waals surface area (Å²) in [6.07, 6.45) is -0.273. The fraction of sp³-hybridized carbons (Fsp3) is 0.231. The Hall–Kier alpha value is -2.30. The van der Waals surface area contributed by atoms with Crippen LogP contribution in [-0.2, 0) is 4.74 Å². The molecule has 0 saturated heterocycles. The Balaban J connectivity index is 2.53. The van der Waals surface area contributed by atoms with Crippen LogP contribution < -0.4 is 11.2 Å². The number of fused-ring (bicyclic) bond motifs is 1. The first-order chi connectivity index (χ1) is 8.47. The maximum absolute atomic E-state index is 11.8. The van der Waals surface area contributed by atoms with Crippen LogP contribution in [0.1, 0.15) is 24.4 Å². The Morgan fingerprint density at radius 2 is 2.06 bits per heavy atom. The summed E-state index contributed by atoms with van der Waals surface area (Å²) in [5.74, 6) is -0.758. The third-order valence-corrected chi connectivity index (χ3v) is 2.30. The van der Waals surface area contributed by atoms with Gasteiger partial charge in [0.25, 0.3) is 0 Å². The number of rotatable bonds is 2. The van der Waals surface area contributed by atoms with Crippen LogP contribution in [0.5, 0.6) is 0 Å². The lowest BCUT2D eigenvalue weighted by atomic mass is 10.2. The summed E-state index contributed by atoms with van der Waals surface area (Å²) < 4.78 is 10.3. The Bertz CT molecular complexity index is 658. The molecule has 5 nitrogen and oxygen atoms in total. The van der Waals surface area contributed by atoms with Crippen LogP contribution in [0, 0.1) is 0 Å². The fourth-order valence-corrected chi connectivity index (χ4v) is 1.55. The molecule has 0 atom stereocenters. The van der Waals surface area contributed by atoms with Crippen LogP contribution in [0.15, 0.2) is 33.5 Å². The van der Waals surface area contributed by atoms with Crippen LogP contribution in [0.4, 0.5) is 5.69 Å². The highest BCUT2D eigenvalue weighted by Crippen LogP contribution is 2.16. The van der Waals surface area contributed by atoms with Gasteiger partial charge in [-0.2, -0.15) is 0 Å². The molecule has 0 fully saturated rings. The monoisotopic (exact) mass is 247 g/mol. The zero-order chi connectivity index (χ0) is 13.3. The number of nitrogen functional groups attached to an aromatic ring is 1. The first kappa shape index (κ1) is 12.2. The number of ether oxygens (including phenoxy) is 1. The van der Waals surface area contributed by atoms with E-state index in [0.29, 0.717) is 16.7 Å². The molecule has 2 rings (SSSR count). The third kappa shape index (κ3) is 2.34. The lowest BCUT2D eigenvalue weighted by molar-refractivity contribution is 0.0342. The molecule has 0 aliphatic rings. The van der Waals surface area contributed by atoms with Crippen molar-refractivity contribution in [3.8, 4) is 0 Å². The van der Waals surface area contributed by atoms with E-state index in [2.05, 4.69) is 0 Å². The van der Waals surface area contributed by atoms with E-state index in [4.69, 9.17) is 14.9 Å². The predicted octanol–water partition coefficient (Wildman–Crippen LogP) is 1.94. The Labute approximate surface area is 103 Å². The summed E-state index contributed by atoms with van der Waals surface area (Å²) in [5.41, 5.74) is 6.04. The summed E-state index contributed by atoms with van der Waals surface area (Å²) in [6, 6.07) is 5.78. The molecule has 0 radical (unpaired) electrons. The largest absolute Gasteiger partial charge is 0.457 e. The van der Waals surface area contributed by atoms with E-state index in [-0.39, 0.29) is 17.3 Å². The Morgan fingerprint density at radius 3 is 2.72 bits per heavy atom. The maximum Gasteiger partial charge on any atom is 0.374 e. The highest BCUT2D eigenvalue weighted by atomic mass is 16.6. The van der Waals surface area contributed by atoms with E-state index in [0.717, 1.165) is 6.07 Å². The van der Waals surface area contributed by atoms with Crippen molar-refractivity contribution in [1.29, 1.82) is 0 Å². The number of carbonyl (C=O) groups excluding carboxylic acids is 1. The van der Waals surface area contributed by atoms with Crippen molar-refractivity contribution < 1.29 is 13.9 Å². The molecular weight excluding hydrogens is 234 g/mol. The number of hydrogen-bond donors (Lipinski definition) is 1. The van der Waals surface area contributed by atoms with Gasteiger partial charge in [0.2, 0.25) is 5.76 Å². The van der Waals surface area contributed by atoms with Crippen LogP contribution in [-0.4, -0.2) is 12.1 Å². The van der Waals surface area contributed by atoms with Gasteiger partial charge in [-0.25, -0.2) is 4.79 Å². The van der Waals surface area contributed by atoms with Crippen molar-refractivity contribution in [2.75, 3.05) is 5.73 Å². The average Bonchev–Trinajstić information content (AvgIpc) is 2.29. The lowest BCUT2D eigenvalue weighted by Crippen LogP contribution is -2.14. The van der Waals surface area contributed by atoms with Crippen molar-refractivity contribution in [2.24, 2.45) is 0 Å². The molecule has 0 aliphatic heterocycles. The van der Waals surface area contributed by atoms with Gasteiger partial charge in [0, 0.05) is 11.8 Å². The SMILES string of the molecule is CC(C)OC(=O)c1cc(=O)c2cc(N)ccc2o1. The molecule has 1 heterocycles. The van der Waals surface area contributed by atoms with Crippen molar-refractivity contribution in [3.05, 3.63) is 40.2 Å². The van der Waals surface area contributed by atoms with E-state index in [9.17, 15) is 9.59 Å². The van der Waals surface area contributed by atoms with Gasteiger partial charge < -0.3 is 14.9 Å². The summed E-state index contributed by atoms with van der Waals surface area (Å²) in [4.78, 5) is 23.5. The first-order valence-corrected chi connectivity index (χ1v) is 5.52. The third-order valence-electron chi connectivity index (χ3n) is 2.30. The molecule has 2 aromatic rings. The second kappa shape index (κ2) is 4.52. The number of nitrogens with two attached hydrogens (primary N) is 1. The fourth-order valence-electron chi connectivity index (χ4n) is 1.55. The van der Waals surface area contributed by atoms with E-state index >= 15 is 0 Å². The molecule has 0 aliphatic carbocycles. The van der Waals surface area contributed by atoms with Crippen LogP contribution in [0.2, 0.25) is 0 Å². The van der Waals surface area contributed by atoms with Gasteiger partial charge in [0.15, 0.2) is 5.43 Å². The maximum atomic E-state index is 11.8. The average molecular weight is 247 g/mol. The minimum absolute atomic E-state index is 0.106. The van der Waals surface area contributed by atoms with Gasteiger partial charge >= 0.3 is 5.97 Å². The molecule has 0 unspecified atom stereocenters. The number of carbonyl (C=O) groups is 1. The molecule has 18 heavy (non-hydrogen) atoms. The summed E-state index contributed by atoms with van der Waals surface area (Å²) >= 11 is 0. The Morgan fingerprint density at radius 1 is 1.33 bits per heavy atom. The second-order valence-corrected chi connectivity index (χ2v) is 4.18. The molecular formula is C13H13NO4. The Kier molecular flexibility index (Phi) is 3.06. The standard InChI is InChI=1S/C13H13NO4/c1-7(2)17-13(16)12-6-10(15)9-5-8(14)3-4-11(9)18-12/h3-7H,14H2,1-2H3. The van der Waals surface area contributed by atoms with E-state index in [1.807, 2.05) is 0 Å². The zero-order valence-corrected chi connectivity index (χ0v) is 10.1. The highest BCUT2D eigenvalue weighted by molar-refractivity contribution is 5.89.